The van der Waals surface area contributed by atoms with Crippen LogP contribution < -0.4 is 0 Å². The van der Waals surface area contributed by atoms with E-state index in [9.17, 15) is 9.90 Å². The monoisotopic (exact) mass is 246 g/mol. The number of β-amino-alcohol motifs (C(OH)–C–C–N with tert-alkyl or cyclic N) is 1. The number of piperazine rings is 1. The Bertz CT molecular complexity index is 216. The van der Waals surface area contributed by atoms with E-state index in [1.54, 1.807) is 18.7 Å². The van der Waals surface area contributed by atoms with Gasteiger partial charge in [-0.3, -0.25) is 9.69 Å². The standard InChI is InChI=1S/C11H22N2O2S/c1-10(14)9-12-4-6-13(7-5-12)11(15)3-8-16-2/h10,14H,3-9H2,1-2H3. The second kappa shape index (κ2) is 7.14. The lowest BCUT2D eigenvalue weighted by Crippen LogP contribution is -2.50. The number of carbonyl (C=O) groups excluding carboxylic acids is 1. The molecule has 94 valence electrons. The lowest BCUT2D eigenvalue weighted by Gasteiger charge is -2.35. The number of hydrogen-bond donors (Lipinski definition) is 1. The number of amides is 1. The number of rotatable bonds is 5. The van der Waals surface area contributed by atoms with Gasteiger partial charge in [-0.1, -0.05) is 0 Å². The fourth-order valence-corrected chi connectivity index (χ4v) is 2.28. The van der Waals surface area contributed by atoms with E-state index in [0.717, 1.165) is 31.9 Å². The Balaban J connectivity index is 2.23. The molecule has 0 bridgehead atoms. The molecule has 0 aromatic heterocycles. The first-order chi connectivity index (χ1) is 7.63. The Morgan fingerprint density at radius 2 is 2.00 bits per heavy atom. The van der Waals surface area contributed by atoms with Crippen molar-refractivity contribution >= 4 is 17.7 Å². The number of hydrogen-bond acceptors (Lipinski definition) is 4. The molecule has 1 heterocycles. The third kappa shape index (κ3) is 4.72. The van der Waals surface area contributed by atoms with Gasteiger partial charge in [0, 0.05) is 44.9 Å². The predicted octanol–water partition coefficient (Wildman–Crippen LogP) is 0.265. The SMILES string of the molecule is CSCCC(=O)N1CCN(CC(C)O)CC1. The fraction of sp³-hybridized carbons (Fsp3) is 0.909. The number of nitrogens with zero attached hydrogens (tertiary/aromatic N) is 2. The van der Waals surface area contributed by atoms with Crippen molar-refractivity contribution in [2.24, 2.45) is 0 Å². The van der Waals surface area contributed by atoms with Gasteiger partial charge in [-0.25, -0.2) is 0 Å². The van der Waals surface area contributed by atoms with Gasteiger partial charge in [0.25, 0.3) is 0 Å². The molecule has 0 saturated carbocycles. The summed E-state index contributed by atoms with van der Waals surface area (Å²) < 4.78 is 0. The summed E-state index contributed by atoms with van der Waals surface area (Å²) in [4.78, 5) is 15.9. The van der Waals surface area contributed by atoms with Crippen LogP contribution in [-0.2, 0) is 4.79 Å². The molecule has 1 amide bonds. The third-order valence-corrected chi connectivity index (χ3v) is 3.38. The van der Waals surface area contributed by atoms with Crippen molar-refractivity contribution in [3.8, 4) is 0 Å². The number of thioether (sulfide) groups is 1. The zero-order valence-corrected chi connectivity index (χ0v) is 11.0. The summed E-state index contributed by atoms with van der Waals surface area (Å²) in [5, 5.41) is 9.27. The van der Waals surface area contributed by atoms with E-state index in [0.29, 0.717) is 13.0 Å². The molecule has 0 aliphatic carbocycles. The molecular formula is C11H22N2O2S. The third-order valence-electron chi connectivity index (χ3n) is 2.77. The molecule has 4 nitrogen and oxygen atoms in total. The molecule has 5 heteroatoms. The van der Waals surface area contributed by atoms with Crippen molar-refractivity contribution in [2.45, 2.75) is 19.4 Å². The molecule has 1 aliphatic rings. The molecule has 0 aromatic rings. The average Bonchev–Trinajstić information content (AvgIpc) is 2.26. The Labute approximate surface area is 102 Å². The predicted molar refractivity (Wildman–Crippen MR) is 67.7 cm³/mol. The average molecular weight is 246 g/mol. The van der Waals surface area contributed by atoms with Crippen molar-refractivity contribution in [1.82, 2.24) is 9.80 Å². The topological polar surface area (TPSA) is 43.8 Å². The van der Waals surface area contributed by atoms with Crippen molar-refractivity contribution in [3.63, 3.8) is 0 Å². The van der Waals surface area contributed by atoms with Crippen LogP contribution in [0.5, 0.6) is 0 Å². The van der Waals surface area contributed by atoms with Gasteiger partial charge < -0.3 is 10.0 Å². The lowest BCUT2D eigenvalue weighted by atomic mass is 10.2. The van der Waals surface area contributed by atoms with Crippen LogP contribution in [0.25, 0.3) is 0 Å². The van der Waals surface area contributed by atoms with Crippen LogP contribution in [0.3, 0.4) is 0 Å². The highest BCUT2D eigenvalue weighted by Crippen LogP contribution is 2.06. The molecule has 1 atom stereocenters. The maximum atomic E-state index is 11.7. The number of aliphatic hydroxyl groups is 1. The Morgan fingerprint density at radius 3 is 2.50 bits per heavy atom. The van der Waals surface area contributed by atoms with Gasteiger partial charge in [-0.15, -0.1) is 0 Å². The largest absolute Gasteiger partial charge is 0.392 e. The Kier molecular flexibility index (Phi) is 6.16. The van der Waals surface area contributed by atoms with Crippen LogP contribution in [0.2, 0.25) is 0 Å². The smallest absolute Gasteiger partial charge is 0.223 e. The molecule has 1 unspecified atom stereocenters. The van der Waals surface area contributed by atoms with Crippen molar-refractivity contribution in [3.05, 3.63) is 0 Å². The van der Waals surface area contributed by atoms with E-state index in [-0.39, 0.29) is 12.0 Å². The van der Waals surface area contributed by atoms with Gasteiger partial charge in [-0.2, -0.15) is 11.8 Å². The highest BCUT2D eigenvalue weighted by molar-refractivity contribution is 7.98. The van der Waals surface area contributed by atoms with Crippen LogP contribution in [0.15, 0.2) is 0 Å². The zero-order valence-electron chi connectivity index (χ0n) is 10.2. The highest BCUT2D eigenvalue weighted by atomic mass is 32.2. The molecule has 0 aromatic carbocycles. The number of aliphatic hydroxyl groups excluding tert-OH is 1. The van der Waals surface area contributed by atoms with E-state index < -0.39 is 0 Å². The van der Waals surface area contributed by atoms with Crippen molar-refractivity contribution in [2.75, 3.05) is 44.7 Å². The van der Waals surface area contributed by atoms with Gasteiger partial charge in [0.15, 0.2) is 0 Å². The minimum absolute atomic E-state index is 0.269. The summed E-state index contributed by atoms with van der Waals surface area (Å²) in [6, 6.07) is 0. The maximum absolute atomic E-state index is 11.7. The normalized spacial score (nSPS) is 19.8. The van der Waals surface area contributed by atoms with Crippen LogP contribution in [-0.4, -0.2) is 71.6 Å². The first kappa shape index (κ1) is 13.8. The molecule has 16 heavy (non-hydrogen) atoms. The Morgan fingerprint density at radius 1 is 1.38 bits per heavy atom. The van der Waals surface area contributed by atoms with E-state index in [1.807, 2.05) is 11.2 Å². The summed E-state index contributed by atoms with van der Waals surface area (Å²) >= 11 is 1.71. The van der Waals surface area contributed by atoms with Crippen LogP contribution in [0.4, 0.5) is 0 Å². The fourth-order valence-electron chi connectivity index (χ4n) is 1.90. The van der Waals surface area contributed by atoms with Gasteiger partial charge in [0.2, 0.25) is 5.91 Å². The molecule has 0 radical (unpaired) electrons. The summed E-state index contributed by atoms with van der Waals surface area (Å²) in [5.74, 6) is 1.18. The summed E-state index contributed by atoms with van der Waals surface area (Å²) in [7, 11) is 0. The second-order valence-corrected chi connectivity index (χ2v) is 5.26. The highest BCUT2D eigenvalue weighted by Gasteiger charge is 2.20. The molecule has 0 spiro atoms. The first-order valence-corrected chi connectivity index (χ1v) is 7.20. The summed E-state index contributed by atoms with van der Waals surface area (Å²) in [5.41, 5.74) is 0. The quantitative estimate of drug-likeness (QED) is 0.756. The van der Waals surface area contributed by atoms with E-state index >= 15 is 0 Å². The molecule has 1 aliphatic heterocycles. The number of carbonyl (C=O) groups is 1. The van der Waals surface area contributed by atoms with Gasteiger partial charge in [0.1, 0.15) is 0 Å². The van der Waals surface area contributed by atoms with E-state index in [4.69, 9.17) is 0 Å². The zero-order chi connectivity index (χ0) is 12.0. The van der Waals surface area contributed by atoms with Gasteiger partial charge in [0.05, 0.1) is 6.10 Å². The van der Waals surface area contributed by atoms with E-state index in [1.165, 1.54) is 0 Å². The van der Waals surface area contributed by atoms with Crippen molar-refractivity contribution in [1.29, 1.82) is 0 Å². The molecule has 1 saturated heterocycles. The Hall–Kier alpha value is -0.260. The lowest BCUT2D eigenvalue weighted by molar-refractivity contribution is -0.132. The first-order valence-electron chi connectivity index (χ1n) is 5.80. The van der Waals surface area contributed by atoms with Gasteiger partial charge >= 0.3 is 0 Å². The minimum Gasteiger partial charge on any atom is -0.392 e. The van der Waals surface area contributed by atoms with Gasteiger partial charge in [-0.05, 0) is 13.2 Å². The second-order valence-electron chi connectivity index (χ2n) is 4.27. The summed E-state index contributed by atoms with van der Waals surface area (Å²) in [6.45, 7) is 5.90. The van der Waals surface area contributed by atoms with Crippen molar-refractivity contribution < 1.29 is 9.90 Å². The van der Waals surface area contributed by atoms with Crippen LogP contribution in [0.1, 0.15) is 13.3 Å². The molecular weight excluding hydrogens is 224 g/mol. The maximum Gasteiger partial charge on any atom is 0.223 e. The summed E-state index contributed by atoms with van der Waals surface area (Å²) in [6.07, 6.45) is 2.39. The molecule has 1 rings (SSSR count). The minimum atomic E-state index is -0.279. The van der Waals surface area contributed by atoms with E-state index in [2.05, 4.69) is 4.90 Å². The molecule has 1 fully saturated rings. The molecule has 1 N–H and O–H groups in total. The van der Waals surface area contributed by atoms with Crippen LogP contribution in [0, 0.1) is 0 Å². The van der Waals surface area contributed by atoms with Crippen LogP contribution >= 0.6 is 11.8 Å².